The Morgan fingerprint density at radius 2 is 1.76 bits per heavy atom. The van der Waals surface area contributed by atoms with E-state index >= 15 is 0 Å². The molecule has 0 fully saturated rings. The van der Waals surface area contributed by atoms with Gasteiger partial charge in [0, 0.05) is 18.1 Å². The molecule has 0 amide bonds. The van der Waals surface area contributed by atoms with Crippen molar-refractivity contribution in [1.29, 1.82) is 0 Å². The zero-order chi connectivity index (χ0) is 15.4. The van der Waals surface area contributed by atoms with Crippen LogP contribution >= 0.6 is 0 Å². The predicted molar refractivity (Wildman–Crippen MR) is 78.7 cm³/mol. The Morgan fingerprint density at radius 3 is 2.29 bits per heavy atom. The van der Waals surface area contributed by atoms with Gasteiger partial charge in [0.25, 0.3) is 5.69 Å². The van der Waals surface area contributed by atoms with E-state index in [9.17, 15) is 20.0 Å². The molecule has 0 bridgehead atoms. The Labute approximate surface area is 122 Å². The fourth-order valence-corrected chi connectivity index (χ4v) is 2.23. The molecular formula is C16H15NO4. The Kier molecular flexibility index (Phi) is 4.33. The molecule has 2 aromatic rings. The van der Waals surface area contributed by atoms with Crippen LogP contribution in [0.3, 0.4) is 0 Å². The largest absolute Gasteiger partial charge is 0.478 e. The molecule has 108 valence electrons. The molecule has 0 spiro atoms. The lowest BCUT2D eigenvalue weighted by atomic mass is 9.97. The van der Waals surface area contributed by atoms with E-state index in [4.69, 9.17) is 0 Å². The topological polar surface area (TPSA) is 80.4 Å². The summed E-state index contributed by atoms with van der Waals surface area (Å²) in [6, 6.07) is 11.8. The molecular weight excluding hydrogens is 270 g/mol. The molecule has 0 saturated carbocycles. The van der Waals surface area contributed by atoms with Crippen LogP contribution in [0.25, 0.3) is 0 Å². The molecule has 5 heteroatoms. The number of nitro benzene ring substituents is 1. The Morgan fingerprint density at radius 1 is 1.14 bits per heavy atom. The van der Waals surface area contributed by atoms with Gasteiger partial charge in [-0.3, -0.25) is 10.1 Å². The molecule has 0 radical (unpaired) electrons. The summed E-state index contributed by atoms with van der Waals surface area (Å²) in [7, 11) is 0. The number of aromatic carboxylic acids is 1. The molecule has 0 aliphatic heterocycles. The fourth-order valence-electron chi connectivity index (χ4n) is 2.23. The van der Waals surface area contributed by atoms with Gasteiger partial charge in [-0.05, 0) is 23.6 Å². The number of hydrogen-bond acceptors (Lipinski definition) is 3. The zero-order valence-electron chi connectivity index (χ0n) is 11.6. The first-order valence-corrected chi connectivity index (χ1v) is 6.60. The molecule has 0 heterocycles. The highest BCUT2D eigenvalue weighted by Gasteiger charge is 2.21. The minimum atomic E-state index is -1.15. The summed E-state index contributed by atoms with van der Waals surface area (Å²) < 4.78 is 0. The number of nitro groups is 1. The van der Waals surface area contributed by atoms with Crippen LogP contribution in [-0.2, 0) is 12.8 Å². The summed E-state index contributed by atoms with van der Waals surface area (Å²) >= 11 is 0. The van der Waals surface area contributed by atoms with Crippen LogP contribution in [0.2, 0.25) is 0 Å². The van der Waals surface area contributed by atoms with Gasteiger partial charge in [0.2, 0.25) is 0 Å². The lowest BCUT2D eigenvalue weighted by Gasteiger charge is -2.08. The van der Waals surface area contributed by atoms with Crippen LogP contribution in [0, 0.1) is 10.1 Å². The van der Waals surface area contributed by atoms with E-state index in [-0.39, 0.29) is 23.2 Å². The molecule has 0 saturated heterocycles. The summed E-state index contributed by atoms with van der Waals surface area (Å²) in [5.41, 5.74) is 2.07. The van der Waals surface area contributed by atoms with Gasteiger partial charge in [0.1, 0.15) is 0 Å². The minimum Gasteiger partial charge on any atom is -0.478 e. The Hall–Kier alpha value is -2.69. The average Bonchev–Trinajstić information content (AvgIpc) is 2.47. The van der Waals surface area contributed by atoms with Gasteiger partial charge in [-0.25, -0.2) is 4.79 Å². The summed E-state index contributed by atoms with van der Waals surface area (Å²) in [5, 5.41) is 20.3. The van der Waals surface area contributed by atoms with Gasteiger partial charge in [-0.1, -0.05) is 37.3 Å². The highest BCUT2D eigenvalue weighted by molar-refractivity contribution is 5.90. The Balaban J connectivity index is 2.45. The van der Waals surface area contributed by atoms with E-state index in [2.05, 4.69) is 0 Å². The molecule has 2 rings (SSSR count). The molecule has 21 heavy (non-hydrogen) atoms. The molecule has 0 aromatic heterocycles. The second-order valence-electron chi connectivity index (χ2n) is 4.71. The molecule has 0 aliphatic rings. The number of hydrogen-bond donors (Lipinski definition) is 1. The number of aryl methyl sites for hydroxylation is 1. The highest BCUT2D eigenvalue weighted by Crippen LogP contribution is 2.25. The smallest absolute Gasteiger partial charge is 0.336 e. The van der Waals surface area contributed by atoms with Crippen LogP contribution in [0.5, 0.6) is 0 Å². The third kappa shape index (κ3) is 3.25. The number of carbonyl (C=O) groups is 1. The SMILES string of the molecule is CCc1ccc(Cc2c(C(=O)O)cccc2[N+](=O)[O-])cc1. The third-order valence-electron chi connectivity index (χ3n) is 3.39. The van der Waals surface area contributed by atoms with Crippen LogP contribution in [0.15, 0.2) is 42.5 Å². The van der Waals surface area contributed by atoms with Crippen molar-refractivity contribution in [2.45, 2.75) is 19.8 Å². The van der Waals surface area contributed by atoms with Gasteiger partial charge < -0.3 is 5.11 Å². The highest BCUT2D eigenvalue weighted by atomic mass is 16.6. The summed E-state index contributed by atoms with van der Waals surface area (Å²) in [6.07, 6.45) is 1.13. The molecule has 1 N–H and O–H groups in total. The third-order valence-corrected chi connectivity index (χ3v) is 3.39. The van der Waals surface area contributed by atoms with Crippen LogP contribution in [-0.4, -0.2) is 16.0 Å². The van der Waals surface area contributed by atoms with E-state index in [1.54, 1.807) is 0 Å². The normalized spacial score (nSPS) is 10.3. The van der Waals surface area contributed by atoms with Crippen LogP contribution in [0.4, 0.5) is 5.69 Å². The van der Waals surface area contributed by atoms with Crippen molar-refractivity contribution < 1.29 is 14.8 Å². The van der Waals surface area contributed by atoms with Gasteiger partial charge >= 0.3 is 5.97 Å². The van der Waals surface area contributed by atoms with Gasteiger partial charge in [-0.2, -0.15) is 0 Å². The van der Waals surface area contributed by atoms with Crippen molar-refractivity contribution >= 4 is 11.7 Å². The number of carboxylic acid groups (broad SMARTS) is 1. The maximum atomic E-state index is 11.3. The summed E-state index contributed by atoms with van der Waals surface area (Å²) in [4.78, 5) is 21.8. The van der Waals surface area contributed by atoms with Crippen molar-refractivity contribution in [3.8, 4) is 0 Å². The van der Waals surface area contributed by atoms with Gasteiger partial charge in [-0.15, -0.1) is 0 Å². The van der Waals surface area contributed by atoms with Crippen LogP contribution < -0.4 is 0 Å². The zero-order valence-corrected chi connectivity index (χ0v) is 11.6. The second-order valence-corrected chi connectivity index (χ2v) is 4.71. The van der Waals surface area contributed by atoms with E-state index in [0.29, 0.717) is 0 Å². The predicted octanol–water partition coefficient (Wildman–Crippen LogP) is 3.45. The summed E-state index contributed by atoms with van der Waals surface area (Å²) in [6.45, 7) is 2.04. The maximum absolute atomic E-state index is 11.3. The lowest BCUT2D eigenvalue weighted by Crippen LogP contribution is -2.06. The molecule has 5 nitrogen and oxygen atoms in total. The van der Waals surface area contributed by atoms with Crippen molar-refractivity contribution in [3.05, 3.63) is 74.8 Å². The standard InChI is InChI=1S/C16H15NO4/c1-2-11-6-8-12(9-7-11)10-14-13(16(18)19)4-3-5-15(14)17(20)21/h3-9H,2,10H2,1H3,(H,18,19). The minimum absolute atomic E-state index is 0.0243. The first-order valence-electron chi connectivity index (χ1n) is 6.60. The number of carboxylic acids is 1. The first-order chi connectivity index (χ1) is 10.0. The van der Waals surface area contributed by atoms with E-state index in [1.165, 1.54) is 23.8 Å². The number of nitrogens with zero attached hydrogens (tertiary/aromatic N) is 1. The van der Waals surface area contributed by atoms with Crippen molar-refractivity contribution in [1.82, 2.24) is 0 Å². The maximum Gasteiger partial charge on any atom is 0.336 e. The fraction of sp³-hybridized carbons (Fsp3) is 0.188. The molecule has 0 unspecified atom stereocenters. The van der Waals surface area contributed by atoms with Gasteiger partial charge in [0.15, 0.2) is 0 Å². The van der Waals surface area contributed by atoms with E-state index in [0.717, 1.165) is 12.0 Å². The first kappa shape index (κ1) is 14.7. The monoisotopic (exact) mass is 285 g/mol. The number of rotatable bonds is 5. The van der Waals surface area contributed by atoms with Gasteiger partial charge in [0.05, 0.1) is 10.5 Å². The Bertz CT molecular complexity index is 645. The molecule has 0 atom stereocenters. The number of benzene rings is 2. The average molecular weight is 285 g/mol. The van der Waals surface area contributed by atoms with E-state index < -0.39 is 10.9 Å². The summed E-state index contributed by atoms with van der Waals surface area (Å²) in [5.74, 6) is -1.15. The van der Waals surface area contributed by atoms with Crippen molar-refractivity contribution in [3.63, 3.8) is 0 Å². The lowest BCUT2D eigenvalue weighted by molar-refractivity contribution is -0.385. The molecule has 2 aromatic carbocycles. The van der Waals surface area contributed by atoms with Crippen molar-refractivity contribution in [2.75, 3.05) is 0 Å². The molecule has 0 aliphatic carbocycles. The van der Waals surface area contributed by atoms with Crippen molar-refractivity contribution in [2.24, 2.45) is 0 Å². The second kappa shape index (κ2) is 6.17. The quantitative estimate of drug-likeness (QED) is 0.674. The van der Waals surface area contributed by atoms with Crippen LogP contribution in [0.1, 0.15) is 34.0 Å². The van der Waals surface area contributed by atoms with E-state index in [1.807, 2.05) is 31.2 Å².